The van der Waals surface area contributed by atoms with Gasteiger partial charge in [-0.25, -0.2) is 9.59 Å². The van der Waals surface area contributed by atoms with Gasteiger partial charge >= 0.3 is 11.9 Å². The van der Waals surface area contributed by atoms with Crippen LogP contribution in [0, 0.1) is 0 Å². The zero-order valence-corrected chi connectivity index (χ0v) is 16.9. The summed E-state index contributed by atoms with van der Waals surface area (Å²) in [7, 11) is 2.72. The number of piperidine rings is 1. The van der Waals surface area contributed by atoms with E-state index in [4.69, 9.17) is 0 Å². The van der Waals surface area contributed by atoms with Crippen molar-refractivity contribution in [3.63, 3.8) is 0 Å². The van der Waals surface area contributed by atoms with Gasteiger partial charge in [0.1, 0.15) is 0 Å². The molecule has 0 N–H and O–H groups in total. The van der Waals surface area contributed by atoms with E-state index in [1.165, 1.54) is 39.7 Å². The number of esters is 2. The van der Waals surface area contributed by atoms with Crippen LogP contribution in [0.1, 0.15) is 40.0 Å². The average Bonchev–Trinajstić information content (AvgIpc) is 2.73. The maximum atomic E-state index is 11.4. The zero-order chi connectivity index (χ0) is 19.6. The number of methoxy groups -OCH3 is 2. The van der Waals surface area contributed by atoms with Crippen molar-refractivity contribution in [2.45, 2.75) is 19.3 Å². The second kappa shape index (κ2) is 10.6. The largest absolute Gasteiger partial charge is 0.465 e. The highest BCUT2D eigenvalue weighted by molar-refractivity contribution is 9.10. The molecule has 0 radical (unpaired) electrons. The van der Waals surface area contributed by atoms with Crippen LogP contribution in [0.25, 0.3) is 0 Å². The van der Waals surface area contributed by atoms with Gasteiger partial charge in [-0.1, -0.05) is 0 Å². The molecule has 1 fully saturated rings. The van der Waals surface area contributed by atoms with E-state index in [9.17, 15) is 9.59 Å². The summed E-state index contributed by atoms with van der Waals surface area (Å²) < 4.78 is 9.94. The van der Waals surface area contributed by atoms with E-state index in [2.05, 4.69) is 40.3 Å². The van der Waals surface area contributed by atoms with Crippen LogP contribution in [0.3, 0.4) is 0 Å². The van der Waals surface area contributed by atoms with E-state index in [0.717, 1.165) is 23.2 Å². The van der Waals surface area contributed by atoms with Crippen molar-refractivity contribution >= 4 is 33.6 Å². The fraction of sp³-hybridized carbons (Fsp3) is 0.368. The second-order valence-electron chi connectivity index (χ2n) is 5.85. The monoisotopic (exact) mass is 435 g/mol. The highest BCUT2D eigenvalue weighted by Crippen LogP contribution is 2.20. The Morgan fingerprint density at radius 3 is 2.00 bits per heavy atom. The summed E-state index contributed by atoms with van der Waals surface area (Å²) in [6, 6.07) is 3.50. The summed E-state index contributed by atoms with van der Waals surface area (Å²) in [5.41, 5.74) is 1.98. The lowest BCUT2D eigenvalue weighted by molar-refractivity contribution is 0.0591. The Morgan fingerprint density at radius 1 is 0.889 bits per heavy atom. The molecule has 3 rings (SSSR count). The first-order valence-electron chi connectivity index (χ1n) is 8.52. The van der Waals surface area contributed by atoms with Crippen LogP contribution >= 0.6 is 15.9 Å². The predicted molar refractivity (Wildman–Crippen MR) is 105 cm³/mol. The second-order valence-corrected chi connectivity index (χ2v) is 6.77. The molecule has 2 aromatic rings. The molecule has 1 aliphatic heterocycles. The van der Waals surface area contributed by atoms with E-state index < -0.39 is 0 Å². The number of pyridine rings is 2. The number of carbonyl (C=O) groups is 2. The Hall–Kier alpha value is -2.48. The zero-order valence-electron chi connectivity index (χ0n) is 15.4. The van der Waals surface area contributed by atoms with Crippen LogP contribution in [0.2, 0.25) is 0 Å². The highest BCUT2D eigenvalue weighted by Gasteiger charge is 2.13. The van der Waals surface area contributed by atoms with Gasteiger partial charge in [-0.15, -0.1) is 0 Å². The summed E-state index contributed by atoms with van der Waals surface area (Å²) in [5.74, 6) is -0.704. The predicted octanol–water partition coefficient (Wildman–Crippen LogP) is 3.49. The number of anilines is 1. The van der Waals surface area contributed by atoms with Crippen molar-refractivity contribution in [1.29, 1.82) is 0 Å². The van der Waals surface area contributed by atoms with Gasteiger partial charge in [0.2, 0.25) is 0 Å². The number of ether oxygens (including phenoxy) is 2. The average molecular weight is 436 g/mol. The fourth-order valence-corrected chi connectivity index (χ4v) is 2.99. The van der Waals surface area contributed by atoms with E-state index in [-0.39, 0.29) is 11.9 Å². The van der Waals surface area contributed by atoms with Gasteiger partial charge in [-0.2, -0.15) is 0 Å². The van der Waals surface area contributed by atoms with Crippen molar-refractivity contribution in [2.24, 2.45) is 0 Å². The maximum absolute atomic E-state index is 11.4. The lowest BCUT2D eigenvalue weighted by Gasteiger charge is -2.28. The van der Waals surface area contributed by atoms with Gasteiger partial charge in [0, 0.05) is 36.2 Å². The van der Waals surface area contributed by atoms with Crippen LogP contribution in [0.4, 0.5) is 5.69 Å². The van der Waals surface area contributed by atoms with Gasteiger partial charge in [0.25, 0.3) is 0 Å². The third-order valence-corrected chi connectivity index (χ3v) is 4.43. The molecule has 3 heterocycles. The maximum Gasteiger partial charge on any atom is 0.339 e. The molecule has 7 nitrogen and oxygen atoms in total. The SMILES string of the molecule is COC(=O)c1cncc(Br)c1.COC(=O)c1cncc(N2CCCCC2)c1. The van der Waals surface area contributed by atoms with Crippen molar-refractivity contribution < 1.29 is 19.1 Å². The minimum Gasteiger partial charge on any atom is -0.465 e. The molecule has 2 aromatic heterocycles. The number of hydrogen-bond acceptors (Lipinski definition) is 7. The Bertz CT molecular complexity index is 779. The van der Waals surface area contributed by atoms with E-state index in [1.54, 1.807) is 24.7 Å². The molecule has 1 aliphatic rings. The minimum absolute atomic E-state index is 0.327. The molecule has 27 heavy (non-hydrogen) atoms. The van der Waals surface area contributed by atoms with Crippen LogP contribution < -0.4 is 4.90 Å². The molecule has 0 bridgehead atoms. The van der Waals surface area contributed by atoms with Gasteiger partial charge in [-0.05, 0) is 47.3 Å². The van der Waals surface area contributed by atoms with Crippen LogP contribution in [0.5, 0.6) is 0 Å². The normalized spacial score (nSPS) is 13.2. The molecule has 1 saturated heterocycles. The Labute approximate surface area is 166 Å². The lowest BCUT2D eigenvalue weighted by atomic mass is 10.1. The number of halogens is 1. The number of aromatic nitrogens is 2. The molecule has 0 aliphatic carbocycles. The highest BCUT2D eigenvalue weighted by atomic mass is 79.9. The summed E-state index contributed by atoms with van der Waals surface area (Å²) >= 11 is 3.19. The van der Waals surface area contributed by atoms with Crippen molar-refractivity contribution in [3.05, 3.63) is 52.5 Å². The van der Waals surface area contributed by atoms with Crippen molar-refractivity contribution in [2.75, 3.05) is 32.2 Å². The van der Waals surface area contributed by atoms with Crippen molar-refractivity contribution in [1.82, 2.24) is 9.97 Å². The molecule has 0 aromatic carbocycles. The summed E-state index contributed by atoms with van der Waals surface area (Å²) in [4.78, 5) is 32.4. The minimum atomic E-state index is -0.376. The molecule has 0 amide bonds. The molecule has 144 valence electrons. The first-order valence-corrected chi connectivity index (χ1v) is 9.31. The van der Waals surface area contributed by atoms with Gasteiger partial charge in [0.15, 0.2) is 0 Å². The number of carbonyl (C=O) groups excluding carboxylic acids is 2. The molecule has 0 spiro atoms. The summed E-state index contributed by atoms with van der Waals surface area (Å²) in [6.45, 7) is 2.10. The Balaban J connectivity index is 0.000000208. The molecule has 0 atom stereocenters. The third kappa shape index (κ3) is 6.32. The van der Waals surface area contributed by atoms with Gasteiger partial charge < -0.3 is 14.4 Å². The number of nitrogens with zero attached hydrogens (tertiary/aromatic N) is 3. The Morgan fingerprint density at radius 2 is 1.44 bits per heavy atom. The smallest absolute Gasteiger partial charge is 0.339 e. The molecular formula is C19H22BrN3O4. The Kier molecular flexibility index (Phi) is 8.19. The topological polar surface area (TPSA) is 81.6 Å². The molecule has 8 heteroatoms. The fourth-order valence-electron chi connectivity index (χ4n) is 2.62. The third-order valence-electron chi connectivity index (χ3n) is 3.99. The number of rotatable bonds is 3. The van der Waals surface area contributed by atoms with E-state index >= 15 is 0 Å². The van der Waals surface area contributed by atoms with Crippen LogP contribution in [-0.2, 0) is 9.47 Å². The van der Waals surface area contributed by atoms with E-state index in [0.29, 0.717) is 11.1 Å². The first-order chi connectivity index (χ1) is 13.0. The van der Waals surface area contributed by atoms with Gasteiger partial charge in [0.05, 0.1) is 37.2 Å². The van der Waals surface area contributed by atoms with Crippen LogP contribution in [-0.4, -0.2) is 49.2 Å². The quantitative estimate of drug-likeness (QED) is 0.682. The van der Waals surface area contributed by atoms with Crippen molar-refractivity contribution in [3.8, 4) is 0 Å². The first kappa shape index (κ1) is 20.8. The summed E-state index contributed by atoms with van der Waals surface area (Å²) in [6.07, 6.45) is 10.1. The molecule has 0 unspecified atom stereocenters. The molecular weight excluding hydrogens is 414 g/mol. The summed E-state index contributed by atoms with van der Waals surface area (Å²) in [5, 5.41) is 0. The van der Waals surface area contributed by atoms with Gasteiger partial charge in [-0.3, -0.25) is 9.97 Å². The lowest BCUT2D eigenvalue weighted by Crippen LogP contribution is -2.29. The van der Waals surface area contributed by atoms with E-state index in [1.807, 2.05) is 6.07 Å². The molecule has 0 saturated carbocycles. The standard InChI is InChI=1S/C12H16N2O2.C7H6BrNO2/c1-16-12(15)10-7-11(9-13-8-10)14-5-3-2-4-6-14;1-11-7(10)5-2-6(8)4-9-3-5/h7-9H,2-6H2,1H3;2-4H,1H3. The number of hydrogen-bond donors (Lipinski definition) is 0. The van der Waals surface area contributed by atoms with Crippen LogP contribution in [0.15, 0.2) is 41.4 Å².